The summed E-state index contributed by atoms with van der Waals surface area (Å²) in [7, 11) is 3.55. The first kappa shape index (κ1) is 21.0. The van der Waals surface area contributed by atoms with Crippen LogP contribution in [-0.4, -0.2) is 63.6 Å². The number of carbonyl (C=O) groups excluding carboxylic acids is 1. The largest absolute Gasteiger partial charge is 0.495 e. The number of nitrogens with one attached hydrogen (secondary N) is 1. The number of benzene rings is 2. The first-order valence-corrected chi connectivity index (χ1v) is 10.9. The molecule has 2 aromatic rings. The molecular weight excluding hydrogens is 390 g/mol. The molecule has 0 unspecified atom stereocenters. The molecular formula is C24H31N5O2. The van der Waals surface area contributed by atoms with Crippen LogP contribution < -0.4 is 19.9 Å². The lowest BCUT2D eigenvalue weighted by atomic mass is 10.2. The molecule has 0 spiro atoms. The molecule has 2 aromatic carbocycles. The average molecular weight is 422 g/mol. The van der Waals surface area contributed by atoms with E-state index in [9.17, 15) is 4.79 Å². The number of piperazine rings is 1. The highest BCUT2D eigenvalue weighted by Gasteiger charge is 2.22. The van der Waals surface area contributed by atoms with E-state index in [0.29, 0.717) is 13.0 Å². The molecule has 0 aromatic heterocycles. The molecule has 4 rings (SSSR count). The van der Waals surface area contributed by atoms with Crippen molar-refractivity contribution in [2.24, 2.45) is 4.99 Å². The van der Waals surface area contributed by atoms with Gasteiger partial charge in [-0.3, -0.25) is 9.79 Å². The minimum atomic E-state index is 0.221. The summed E-state index contributed by atoms with van der Waals surface area (Å²) < 4.78 is 5.52. The monoisotopic (exact) mass is 421 g/mol. The summed E-state index contributed by atoms with van der Waals surface area (Å²) in [4.78, 5) is 22.9. The fraction of sp³-hybridized carbons (Fsp3) is 0.417. The number of hydrogen-bond donors (Lipinski definition) is 1. The van der Waals surface area contributed by atoms with Crippen LogP contribution in [0.1, 0.15) is 18.4 Å². The molecule has 1 amide bonds. The lowest BCUT2D eigenvalue weighted by Gasteiger charge is -2.38. The van der Waals surface area contributed by atoms with Crippen molar-refractivity contribution in [1.82, 2.24) is 10.2 Å². The highest BCUT2D eigenvalue weighted by Crippen LogP contribution is 2.28. The van der Waals surface area contributed by atoms with Gasteiger partial charge in [-0.25, -0.2) is 0 Å². The number of para-hydroxylation sites is 2. The summed E-state index contributed by atoms with van der Waals surface area (Å²) in [5.74, 6) is 2.05. The fourth-order valence-electron chi connectivity index (χ4n) is 4.28. The SMILES string of the molecule is CN=C(NCc1ccc(N2CCCC2=O)cc1)N1CCN(c2ccccc2OC)CC1. The zero-order valence-corrected chi connectivity index (χ0v) is 18.4. The normalized spacial score (nSPS) is 17.3. The van der Waals surface area contributed by atoms with E-state index in [1.165, 1.54) is 5.56 Å². The number of carbonyl (C=O) groups is 1. The van der Waals surface area contributed by atoms with Crippen LogP contribution in [0.15, 0.2) is 53.5 Å². The van der Waals surface area contributed by atoms with Gasteiger partial charge in [-0.2, -0.15) is 0 Å². The highest BCUT2D eigenvalue weighted by atomic mass is 16.5. The second-order valence-electron chi connectivity index (χ2n) is 7.86. The Kier molecular flexibility index (Phi) is 6.60. The predicted octanol–water partition coefficient (Wildman–Crippen LogP) is 2.72. The zero-order valence-electron chi connectivity index (χ0n) is 18.4. The van der Waals surface area contributed by atoms with Crippen LogP contribution in [-0.2, 0) is 11.3 Å². The molecule has 0 aliphatic carbocycles. The molecule has 2 saturated heterocycles. The standard InChI is InChI=1S/C24H31N5O2/c1-25-24(26-18-19-9-11-20(12-10-19)29-13-5-8-23(29)30)28-16-14-27(15-17-28)21-6-3-4-7-22(21)31-2/h3-4,6-7,9-12H,5,8,13-18H2,1-2H3,(H,25,26). The van der Waals surface area contributed by atoms with Crippen LogP contribution in [0.3, 0.4) is 0 Å². The number of ether oxygens (including phenoxy) is 1. The maximum Gasteiger partial charge on any atom is 0.227 e. The number of guanidine groups is 1. The van der Waals surface area contributed by atoms with Gasteiger partial charge in [0.1, 0.15) is 5.75 Å². The van der Waals surface area contributed by atoms with Crippen molar-refractivity contribution in [2.45, 2.75) is 19.4 Å². The second kappa shape index (κ2) is 9.73. The molecule has 7 nitrogen and oxygen atoms in total. The van der Waals surface area contributed by atoms with Crippen LogP contribution in [0.4, 0.5) is 11.4 Å². The number of hydrogen-bond acceptors (Lipinski definition) is 4. The van der Waals surface area contributed by atoms with E-state index < -0.39 is 0 Å². The van der Waals surface area contributed by atoms with E-state index in [-0.39, 0.29) is 5.91 Å². The third kappa shape index (κ3) is 4.76. The number of amides is 1. The molecule has 0 bridgehead atoms. The van der Waals surface area contributed by atoms with Crippen molar-refractivity contribution in [3.05, 3.63) is 54.1 Å². The molecule has 0 radical (unpaired) electrons. The molecule has 164 valence electrons. The van der Waals surface area contributed by atoms with Crippen LogP contribution in [0.2, 0.25) is 0 Å². The molecule has 1 N–H and O–H groups in total. The van der Waals surface area contributed by atoms with E-state index in [2.05, 4.69) is 44.4 Å². The Balaban J connectivity index is 1.30. The van der Waals surface area contributed by atoms with Gasteiger partial charge in [0.05, 0.1) is 12.8 Å². The summed E-state index contributed by atoms with van der Waals surface area (Å²) in [6.45, 7) is 5.15. The molecule has 2 aliphatic heterocycles. The zero-order chi connectivity index (χ0) is 21.6. The van der Waals surface area contributed by atoms with Crippen LogP contribution >= 0.6 is 0 Å². The minimum absolute atomic E-state index is 0.221. The second-order valence-corrected chi connectivity index (χ2v) is 7.86. The predicted molar refractivity (Wildman–Crippen MR) is 125 cm³/mol. The first-order chi connectivity index (χ1) is 15.2. The summed E-state index contributed by atoms with van der Waals surface area (Å²) in [5.41, 5.74) is 3.30. The Morgan fingerprint density at radius 3 is 2.42 bits per heavy atom. The quantitative estimate of drug-likeness (QED) is 0.594. The summed E-state index contributed by atoms with van der Waals surface area (Å²) in [5, 5.41) is 3.48. The average Bonchev–Trinajstić information content (AvgIpc) is 3.26. The van der Waals surface area contributed by atoms with Crippen molar-refractivity contribution in [3.8, 4) is 5.75 Å². The van der Waals surface area contributed by atoms with Crippen LogP contribution in [0, 0.1) is 0 Å². The Morgan fingerprint density at radius 2 is 1.77 bits per heavy atom. The van der Waals surface area contributed by atoms with E-state index in [1.807, 2.05) is 36.2 Å². The van der Waals surface area contributed by atoms with Crippen molar-refractivity contribution in [3.63, 3.8) is 0 Å². The number of nitrogens with zero attached hydrogens (tertiary/aromatic N) is 4. The van der Waals surface area contributed by atoms with Crippen LogP contribution in [0.25, 0.3) is 0 Å². The van der Waals surface area contributed by atoms with E-state index in [0.717, 1.165) is 62.2 Å². The van der Waals surface area contributed by atoms with Crippen molar-refractivity contribution >= 4 is 23.2 Å². The van der Waals surface area contributed by atoms with Crippen molar-refractivity contribution in [2.75, 3.05) is 56.7 Å². The van der Waals surface area contributed by atoms with E-state index in [1.54, 1.807) is 7.11 Å². The third-order valence-electron chi connectivity index (χ3n) is 5.99. The topological polar surface area (TPSA) is 60.4 Å². The van der Waals surface area contributed by atoms with E-state index >= 15 is 0 Å². The van der Waals surface area contributed by atoms with Crippen molar-refractivity contribution < 1.29 is 9.53 Å². The van der Waals surface area contributed by atoms with Gasteiger partial charge < -0.3 is 24.8 Å². The van der Waals surface area contributed by atoms with E-state index in [4.69, 9.17) is 4.74 Å². The minimum Gasteiger partial charge on any atom is -0.495 e. The molecule has 2 aliphatic rings. The molecule has 2 heterocycles. The smallest absolute Gasteiger partial charge is 0.227 e. The Hall–Kier alpha value is -3.22. The molecule has 0 atom stereocenters. The number of rotatable bonds is 5. The summed E-state index contributed by atoms with van der Waals surface area (Å²) >= 11 is 0. The molecule has 2 fully saturated rings. The van der Waals surface area contributed by atoms with Gasteiger partial charge in [0.2, 0.25) is 5.91 Å². The number of methoxy groups -OCH3 is 1. The maximum atomic E-state index is 11.9. The van der Waals surface area contributed by atoms with Gasteiger partial charge in [0, 0.05) is 58.4 Å². The third-order valence-corrected chi connectivity index (χ3v) is 5.99. The summed E-state index contributed by atoms with van der Waals surface area (Å²) in [6.07, 6.45) is 1.60. The van der Waals surface area contributed by atoms with Gasteiger partial charge >= 0.3 is 0 Å². The van der Waals surface area contributed by atoms with Gasteiger partial charge in [-0.1, -0.05) is 24.3 Å². The number of anilines is 2. The maximum absolute atomic E-state index is 11.9. The molecule has 0 saturated carbocycles. The van der Waals surface area contributed by atoms with Crippen LogP contribution in [0.5, 0.6) is 5.75 Å². The van der Waals surface area contributed by atoms with Gasteiger partial charge in [0.15, 0.2) is 5.96 Å². The Labute approximate surface area is 184 Å². The highest BCUT2D eigenvalue weighted by molar-refractivity contribution is 5.95. The first-order valence-electron chi connectivity index (χ1n) is 10.9. The van der Waals surface area contributed by atoms with Gasteiger partial charge in [0.25, 0.3) is 0 Å². The fourth-order valence-corrected chi connectivity index (χ4v) is 4.28. The molecule has 7 heteroatoms. The lowest BCUT2D eigenvalue weighted by molar-refractivity contribution is -0.117. The lowest BCUT2D eigenvalue weighted by Crippen LogP contribution is -2.52. The number of aliphatic imine (C=N–C) groups is 1. The van der Waals surface area contributed by atoms with Crippen molar-refractivity contribution in [1.29, 1.82) is 0 Å². The summed E-state index contributed by atoms with van der Waals surface area (Å²) in [6, 6.07) is 16.4. The Morgan fingerprint density at radius 1 is 1.03 bits per heavy atom. The molecule has 31 heavy (non-hydrogen) atoms. The van der Waals surface area contributed by atoms with Gasteiger partial charge in [-0.15, -0.1) is 0 Å². The van der Waals surface area contributed by atoms with Gasteiger partial charge in [-0.05, 0) is 36.2 Å². The Bertz CT molecular complexity index is 920.